The zero-order chi connectivity index (χ0) is 24.2. The van der Waals surface area contributed by atoms with Gasteiger partial charge in [0.15, 0.2) is 0 Å². The van der Waals surface area contributed by atoms with Crippen LogP contribution in [-0.4, -0.2) is 43.7 Å². The molecule has 2 aromatic rings. The highest BCUT2D eigenvalue weighted by molar-refractivity contribution is 7.89. The van der Waals surface area contributed by atoms with Crippen molar-refractivity contribution in [3.63, 3.8) is 0 Å². The number of carbonyl (C=O) groups excluding carboxylic acids is 2. The molecule has 7 nitrogen and oxygen atoms in total. The molecule has 178 valence electrons. The van der Waals surface area contributed by atoms with Crippen molar-refractivity contribution in [2.24, 2.45) is 0 Å². The van der Waals surface area contributed by atoms with E-state index in [-0.39, 0.29) is 29.1 Å². The average molecular weight is 484 g/mol. The number of rotatable bonds is 6. The van der Waals surface area contributed by atoms with Gasteiger partial charge in [0.2, 0.25) is 10.0 Å². The summed E-state index contributed by atoms with van der Waals surface area (Å²) in [7, 11) is -3.86. The monoisotopic (exact) mass is 483 g/mol. The topological polar surface area (TPSA) is 95.6 Å². The van der Waals surface area contributed by atoms with Crippen molar-refractivity contribution in [1.82, 2.24) is 9.62 Å². The second-order valence-corrected chi connectivity index (χ2v) is 9.69. The van der Waals surface area contributed by atoms with Gasteiger partial charge in [0.05, 0.1) is 10.6 Å². The second-order valence-electron chi connectivity index (χ2n) is 7.80. The summed E-state index contributed by atoms with van der Waals surface area (Å²) in [6.45, 7) is 1.79. The first-order valence-corrected chi connectivity index (χ1v) is 11.9. The maximum absolute atomic E-state index is 13.6. The van der Waals surface area contributed by atoms with Gasteiger partial charge in [-0.1, -0.05) is 6.42 Å². The number of anilines is 1. The predicted molar refractivity (Wildman–Crippen MR) is 115 cm³/mol. The van der Waals surface area contributed by atoms with Crippen molar-refractivity contribution in [2.45, 2.75) is 43.5 Å². The number of benzene rings is 2. The summed E-state index contributed by atoms with van der Waals surface area (Å²) >= 11 is 0. The van der Waals surface area contributed by atoms with Crippen molar-refractivity contribution in [2.75, 3.05) is 18.4 Å². The number of hydrogen-bond donors (Lipinski definition) is 2. The molecule has 2 amide bonds. The average Bonchev–Trinajstić information content (AvgIpc) is 2.77. The number of hydrogen-bond acceptors (Lipinski definition) is 4. The molecule has 2 aromatic carbocycles. The van der Waals surface area contributed by atoms with Gasteiger partial charge >= 0.3 is 11.8 Å². The van der Waals surface area contributed by atoms with Crippen LogP contribution in [0.3, 0.4) is 0 Å². The van der Waals surface area contributed by atoms with Gasteiger partial charge in [-0.05, 0) is 62.1 Å². The molecule has 0 spiro atoms. The third-order valence-corrected chi connectivity index (χ3v) is 7.41. The molecule has 33 heavy (non-hydrogen) atoms. The number of aryl methyl sites for hydroxylation is 1. The lowest BCUT2D eigenvalue weighted by Gasteiger charge is -2.34. The molecule has 1 heterocycles. The van der Waals surface area contributed by atoms with Crippen LogP contribution >= 0.6 is 0 Å². The fraction of sp³-hybridized carbons (Fsp3) is 0.364. The zero-order valence-electron chi connectivity index (χ0n) is 17.9. The minimum Gasteiger partial charge on any atom is -0.348 e. The quantitative estimate of drug-likeness (QED) is 0.618. The molecule has 2 N–H and O–H groups in total. The van der Waals surface area contributed by atoms with Crippen LogP contribution in [-0.2, 0) is 19.6 Å². The van der Waals surface area contributed by atoms with E-state index in [1.165, 1.54) is 23.4 Å². The van der Waals surface area contributed by atoms with Crippen molar-refractivity contribution in [3.8, 4) is 0 Å². The molecule has 1 aliphatic heterocycles. The lowest BCUT2D eigenvalue weighted by atomic mass is 10.0. The standard InChI is InChI=1S/C22H24F3N3O4S/c1-14-12-17(6-7-18(14)24)33(31,32)28-11-3-2-4-16(28)9-10-26-21(29)22(30)27-20-8-5-15(23)13-19(20)25/h5-8,12-13,16H,2-4,9-11H2,1H3,(H,26,29)(H,27,30)/t16-/m1/s1. The van der Waals surface area contributed by atoms with Crippen molar-refractivity contribution >= 4 is 27.5 Å². The van der Waals surface area contributed by atoms with Gasteiger partial charge in [-0.25, -0.2) is 21.6 Å². The first-order chi connectivity index (χ1) is 15.6. The molecule has 0 unspecified atom stereocenters. The van der Waals surface area contributed by atoms with Gasteiger partial charge in [0.25, 0.3) is 0 Å². The van der Waals surface area contributed by atoms with Crippen molar-refractivity contribution in [1.29, 1.82) is 0 Å². The molecule has 1 fully saturated rings. The summed E-state index contributed by atoms with van der Waals surface area (Å²) in [5, 5.41) is 4.45. The molecule has 0 radical (unpaired) electrons. The number of carbonyl (C=O) groups is 2. The van der Waals surface area contributed by atoms with Gasteiger partial charge in [-0.15, -0.1) is 0 Å². The molecule has 1 atom stereocenters. The van der Waals surface area contributed by atoms with E-state index in [4.69, 9.17) is 0 Å². The summed E-state index contributed by atoms with van der Waals surface area (Å²) in [6, 6.07) is 5.74. The Bertz CT molecular complexity index is 1160. The van der Waals surface area contributed by atoms with Crippen LogP contribution in [0.15, 0.2) is 41.3 Å². The maximum Gasteiger partial charge on any atom is 0.313 e. The third-order valence-electron chi connectivity index (χ3n) is 5.46. The van der Waals surface area contributed by atoms with E-state index in [9.17, 15) is 31.2 Å². The number of sulfonamides is 1. The van der Waals surface area contributed by atoms with Crippen LogP contribution in [0, 0.1) is 24.4 Å². The third kappa shape index (κ3) is 5.91. The van der Waals surface area contributed by atoms with E-state index in [2.05, 4.69) is 10.6 Å². The first-order valence-electron chi connectivity index (χ1n) is 10.4. The Morgan fingerprint density at radius 1 is 1.03 bits per heavy atom. The molecule has 1 saturated heterocycles. The zero-order valence-corrected chi connectivity index (χ0v) is 18.7. The van der Waals surface area contributed by atoms with E-state index < -0.39 is 45.3 Å². The lowest BCUT2D eigenvalue weighted by molar-refractivity contribution is -0.136. The highest BCUT2D eigenvalue weighted by atomic mass is 32.2. The molecule has 0 aliphatic carbocycles. The lowest BCUT2D eigenvalue weighted by Crippen LogP contribution is -2.45. The maximum atomic E-state index is 13.6. The van der Waals surface area contributed by atoms with Crippen LogP contribution in [0.5, 0.6) is 0 Å². The second kappa shape index (κ2) is 10.3. The Balaban J connectivity index is 1.60. The molecule has 1 aliphatic rings. The van der Waals surface area contributed by atoms with Crippen LogP contribution in [0.4, 0.5) is 18.9 Å². The van der Waals surface area contributed by atoms with Crippen LogP contribution < -0.4 is 10.6 Å². The normalized spacial score (nSPS) is 16.9. The molecule has 11 heteroatoms. The number of nitrogens with one attached hydrogen (secondary N) is 2. The summed E-state index contributed by atoms with van der Waals surface area (Å²) < 4.78 is 67.7. The number of piperidine rings is 1. The molecular formula is C22H24F3N3O4S. The van der Waals surface area contributed by atoms with Gasteiger partial charge in [-0.3, -0.25) is 9.59 Å². The van der Waals surface area contributed by atoms with E-state index in [0.717, 1.165) is 24.6 Å². The van der Waals surface area contributed by atoms with E-state index in [1.807, 2.05) is 0 Å². The predicted octanol–water partition coefficient (Wildman–Crippen LogP) is 3.10. The summed E-state index contributed by atoms with van der Waals surface area (Å²) in [5.74, 6) is -4.49. The highest BCUT2D eigenvalue weighted by Crippen LogP contribution is 2.27. The number of nitrogens with zero attached hydrogens (tertiary/aromatic N) is 1. The molecular weight excluding hydrogens is 459 g/mol. The fourth-order valence-electron chi connectivity index (χ4n) is 3.69. The Morgan fingerprint density at radius 3 is 2.48 bits per heavy atom. The summed E-state index contributed by atoms with van der Waals surface area (Å²) in [6.07, 6.45) is 2.30. The van der Waals surface area contributed by atoms with Crippen LogP contribution in [0.1, 0.15) is 31.2 Å². The minimum atomic E-state index is -3.86. The fourth-order valence-corrected chi connectivity index (χ4v) is 5.50. The Hall–Kier alpha value is -2.92. The van der Waals surface area contributed by atoms with Gasteiger partial charge in [-0.2, -0.15) is 4.31 Å². The van der Waals surface area contributed by atoms with E-state index in [1.54, 1.807) is 0 Å². The van der Waals surface area contributed by atoms with Gasteiger partial charge < -0.3 is 10.6 Å². The van der Waals surface area contributed by atoms with Crippen molar-refractivity contribution in [3.05, 3.63) is 59.4 Å². The number of amides is 2. The molecule has 3 rings (SSSR count). The molecule has 0 aromatic heterocycles. The van der Waals surface area contributed by atoms with Crippen molar-refractivity contribution < 1.29 is 31.2 Å². The minimum absolute atomic E-state index is 0.00182. The molecule has 0 saturated carbocycles. The largest absolute Gasteiger partial charge is 0.348 e. The number of halogens is 3. The van der Waals surface area contributed by atoms with E-state index >= 15 is 0 Å². The summed E-state index contributed by atoms with van der Waals surface area (Å²) in [4.78, 5) is 24.0. The Labute approximate surface area is 190 Å². The Morgan fingerprint density at radius 2 is 1.79 bits per heavy atom. The van der Waals surface area contributed by atoms with Crippen LogP contribution in [0.2, 0.25) is 0 Å². The SMILES string of the molecule is Cc1cc(S(=O)(=O)N2CCCC[C@@H]2CCNC(=O)C(=O)Nc2ccc(F)cc2F)ccc1F. The molecule has 0 bridgehead atoms. The smallest absolute Gasteiger partial charge is 0.313 e. The first kappa shape index (κ1) is 24.7. The summed E-state index contributed by atoms with van der Waals surface area (Å²) in [5.41, 5.74) is -0.115. The van der Waals surface area contributed by atoms with Gasteiger partial charge in [0, 0.05) is 25.2 Å². The van der Waals surface area contributed by atoms with Gasteiger partial charge in [0.1, 0.15) is 17.5 Å². The Kier molecular flexibility index (Phi) is 7.75. The highest BCUT2D eigenvalue weighted by Gasteiger charge is 2.33. The van der Waals surface area contributed by atoms with Crippen LogP contribution in [0.25, 0.3) is 0 Å². The van der Waals surface area contributed by atoms with E-state index in [0.29, 0.717) is 25.5 Å².